The van der Waals surface area contributed by atoms with Crippen LogP contribution in [0.3, 0.4) is 0 Å². The van der Waals surface area contributed by atoms with Crippen LogP contribution in [0.2, 0.25) is 0 Å². The lowest BCUT2D eigenvalue weighted by Crippen LogP contribution is -2.05. The lowest BCUT2D eigenvalue weighted by Gasteiger charge is -2.10. The SMILES string of the molecule is Cc1cc(Cn2c(N)nc3c(F)cccc32)cc(C)c1F. The molecule has 0 unspecified atom stereocenters. The number of anilines is 1. The molecule has 0 saturated heterocycles. The third kappa shape index (κ3) is 2.24. The molecule has 0 radical (unpaired) electrons. The molecule has 3 rings (SSSR count). The summed E-state index contributed by atoms with van der Waals surface area (Å²) >= 11 is 0. The quantitative estimate of drug-likeness (QED) is 0.783. The number of nitrogen functional groups attached to an aromatic ring is 1. The van der Waals surface area contributed by atoms with E-state index in [1.807, 2.05) is 0 Å². The minimum Gasteiger partial charge on any atom is -0.369 e. The van der Waals surface area contributed by atoms with E-state index in [2.05, 4.69) is 4.98 Å². The second-order valence-corrected chi connectivity index (χ2v) is 5.21. The molecule has 108 valence electrons. The van der Waals surface area contributed by atoms with Crippen LogP contribution in [-0.4, -0.2) is 9.55 Å². The third-order valence-corrected chi connectivity index (χ3v) is 3.60. The molecule has 0 aliphatic carbocycles. The van der Waals surface area contributed by atoms with Gasteiger partial charge in [0.25, 0.3) is 0 Å². The van der Waals surface area contributed by atoms with Gasteiger partial charge in [0.1, 0.15) is 11.3 Å². The fourth-order valence-corrected chi connectivity index (χ4v) is 2.61. The Morgan fingerprint density at radius 1 is 1.14 bits per heavy atom. The predicted octanol–water partition coefficient (Wildman–Crippen LogP) is 3.56. The maximum absolute atomic E-state index is 13.7. The van der Waals surface area contributed by atoms with Gasteiger partial charge in [-0.1, -0.05) is 18.2 Å². The van der Waals surface area contributed by atoms with Gasteiger partial charge >= 0.3 is 0 Å². The number of halogens is 2. The molecule has 3 aromatic rings. The topological polar surface area (TPSA) is 43.8 Å². The molecule has 0 saturated carbocycles. The molecule has 21 heavy (non-hydrogen) atoms. The van der Waals surface area contributed by atoms with Gasteiger partial charge in [-0.3, -0.25) is 0 Å². The van der Waals surface area contributed by atoms with E-state index in [4.69, 9.17) is 5.73 Å². The molecule has 1 heterocycles. The van der Waals surface area contributed by atoms with Gasteiger partial charge in [-0.25, -0.2) is 13.8 Å². The smallest absolute Gasteiger partial charge is 0.201 e. The van der Waals surface area contributed by atoms with E-state index in [0.29, 0.717) is 23.2 Å². The van der Waals surface area contributed by atoms with Gasteiger partial charge in [0.05, 0.1) is 12.1 Å². The second-order valence-electron chi connectivity index (χ2n) is 5.21. The summed E-state index contributed by atoms with van der Waals surface area (Å²) in [6.07, 6.45) is 0. The van der Waals surface area contributed by atoms with Gasteiger partial charge in [0.15, 0.2) is 5.82 Å². The molecule has 2 aromatic carbocycles. The van der Waals surface area contributed by atoms with Crippen molar-refractivity contribution in [1.82, 2.24) is 9.55 Å². The zero-order valence-electron chi connectivity index (χ0n) is 11.8. The van der Waals surface area contributed by atoms with Crippen molar-refractivity contribution in [3.05, 3.63) is 58.7 Å². The number of hydrogen-bond donors (Lipinski definition) is 1. The van der Waals surface area contributed by atoms with Crippen LogP contribution in [0.5, 0.6) is 0 Å². The second kappa shape index (κ2) is 4.84. The summed E-state index contributed by atoms with van der Waals surface area (Å²) < 4.78 is 29.1. The average molecular weight is 287 g/mol. The molecule has 0 bridgehead atoms. The lowest BCUT2D eigenvalue weighted by atomic mass is 10.1. The summed E-state index contributed by atoms with van der Waals surface area (Å²) in [4.78, 5) is 4.06. The van der Waals surface area contributed by atoms with E-state index in [-0.39, 0.29) is 17.3 Å². The zero-order chi connectivity index (χ0) is 15.1. The van der Waals surface area contributed by atoms with E-state index >= 15 is 0 Å². The summed E-state index contributed by atoms with van der Waals surface area (Å²) in [5.41, 5.74) is 8.84. The lowest BCUT2D eigenvalue weighted by molar-refractivity contribution is 0.607. The van der Waals surface area contributed by atoms with Crippen molar-refractivity contribution in [2.75, 3.05) is 5.73 Å². The first-order valence-electron chi connectivity index (χ1n) is 6.63. The Bertz CT molecular complexity index is 814. The highest BCUT2D eigenvalue weighted by atomic mass is 19.1. The Morgan fingerprint density at radius 2 is 1.81 bits per heavy atom. The van der Waals surface area contributed by atoms with Crippen molar-refractivity contribution in [2.24, 2.45) is 0 Å². The molecular weight excluding hydrogens is 272 g/mol. The van der Waals surface area contributed by atoms with E-state index in [1.54, 1.807) is 42.7 Å². The van der Waals surface area contributed by atoms with Crippen molar-refractivity contribution in [3.63, 3.8) is 0 Å². The first-order chi connectivity index (χ1) is 9.97. The fraction of sp³-hybridized carbons (Fsp3) is 0.188. The van der Waals surface area contributed by atoms with Crippen LogP contribution in [0.1, 0.15) is 16.7 Å². The van der Waals surface area contributed by atoms with E-state index in [9.17, 15) is 8.78 Å². The largest absolute Gasteiger partial charge is 0.369 e. The zero-order valence-corrected chi connectivity index (χ0v) is 11.8. The number of fused-ring (bicyclic) bond motifs is 1. The number of aryl methyl sites for hydroxylation is 2. The number of hydrogen-bond acceptors (Lipinski definition) is 2. The molecule has 0 amide bonds. The van der Waals surface area contributed by atoms with Crippen LogP contribution >= 0.6 is 0 Å². The van der Waals surface area contributed by atoms with Crippen molar-refractivity contribution >= 4 is 17.0 Å². The van der Waals surface area contributed by atoms with Gasteiger partial charge in [0, 0.05) is 0 Å². The third-order valence-electron chi connectivity index (χ3n) is 3.60. The molecule has 1 aromatic heterocycles. The molecule has 5 heteroatoms. The first-order valence-corrected chi connectivity index (χ1v) is 6.63. The van der Waals surface area contributed by atoms with E-state index < -0.39 is 5.82 Å². The highest BCUT2D eigenvalue weighted by molar-refractivity contribution is 5.79. The van der Waals surface area contributed by atoms with Crippen molar-refractivity contribution < 1.29 is 8.78 Å². The fourth-order valence-electron chi connectivity index (χ4n) is 2.61. The molecular formula is C16H15F2N3. The number of rotatable bonds is 2. The van der Waals surface area contributed by atoms with Crippen LogP contribution in [0.15, 0.2) is 30.3 Å². The molecule has 3 nitrogen and oxygen atoms in total. The molecule has 2 N–H and O–H groups in total. The molecule has 0 fully saturated rings. The van der Waals surface area contributed by atoms with Gasteiger partial charge in [-0.05, 0) is 42.7 Å². The van der Waals surface area contributed by atoms with Gasteiger partial charge < -0.3 is 10.3 Å². The summed E-state index contributed by atoms with van der Waals surface area (Å²) in [5, 5.41) is 0. The van der Waals surface area contributed by atoms with Crippen LogP contribution in [0.25, 0.3) is 11.0 Å². The maximum atomic E-state index is 13.7. The van der Waals surface area contributed by atoms with Gasteiger partial charge in [-0.15, -0.1) is 0 Å². The summed E-state index contributed by atoms with van der Waals surface area (Å²) in [6, 6.07) is 8.28. The van der Waals surface area contributed by atoms with E-state index in [0.717, 1.165) is 5.56 Å². The average Bonchev–Trinajstić information content (AvgIpc) is 2.75. The van der Waals surface area contributed by atoms with Gasteiger partial charge in [0.2, 0.25) is 5.95 Å². The predicted molar refractivity (Wildman–Crippen MR) is 79.1 cm³/mol. The summed E-state index contributed by atoms with van der Waals surface area (Å²) in [7, 11) is 0. The van der Waals surface area contributed by atoms with Crippen molar-refractivity contribution in [3.8, 4) is 0 Å². The van der Waals surface area contributed by atoms with Crippen LogP contribution in [0, 0.1) is 25.5 Å². The Balaban J connectivity index is 2.10. The number of imidazole rings is 1. The van der Waals surface area contributed by atoms with Gasteiger partial charge in [-0.2, -0.15) is 0 Å². The number of para-hydroxylation sites is 1. The Morgan fingerprint density at radius 3 is 2.48 bits per heavy atom. The summed E-state index contributed by atoms with van der Waals surface area (Å²) in [6.45, 7) is 3.87. The normalized spacial score (nSPS) is 11.2. The summed E-state index contributed by atoms with van der Waals surface area (Å²) in [5.74, 6) is -0.354. The molecule has 0 aliphatic rings. The monoisotopic (exact) mass is 287 g/mol. The van der Waals surface area contributed by atoms with Crippen LogP contribution in [-0.2, 0) is 6.54 Å². The first kappa shape index (κ1) is 13.5. The number of nitrogens with two attached hydrogens (primary N) is 1. The van der Waals surface area contributed by atoms with Crippen LogP contribution < -0.4 is 5.73 Å². The van der Waals surface area contributed by atoms with Crippen LogP contribution in [0.4, 0.5) is 14.7 Å². The minimum absolute atomic E-state index is 0.201. The van der Waals surface area contributed by atoms with Crippen molar-refractivity contribution in [2.45, 2.75) is 20.4 Å². The maximum Gasteiger partial charge on any atom is 0.201 e. The molecule has 0 atom stereocenters. The Labute approximate surface area is 121 Å². The Kier molecular flexibility index (Phi) is 3.12. The Hall–Kier alpha value is -2.43. The molecule has 0 spiro atoms. The molecule has 0 aliphatic heterocycles. The number of aromatic nitrogens is 2. The highest BCUT2D eigenvalue weighted by Crippen LogP contribution is 2.23. The number of benzene rings is 2. The number of nitrogens with zero attached hydrogens (tertiary/aromatic N) is 2. The van der Waals surface area contributed by atoms with Crippen molar-refractivity contribution in [1.29, 1.82) is 0 Å². The minimum atomic E-state index is -0.399. The van der Waals surface area contributed by atoms with E-state index in [1.165, 1.54) is 6.07 Å². The highest BCUT2D eigenvalue weighted by Gasteiger charge is 2.13. The standard InChI is InChI=1S/C16H15F2N3/c1-9-6-11(7-10(2)14(9)18)8-21-13-5-3-4-12(17)15(13)20-16(21)19/h3-7H,8H2,1-2H3,(H2,19,20).